The standard InChI is InChI=1S/C14H20N4/c1-10-4-3-5-14-16-12(9-18(10)14)13-7-6-11(15)8-17(13)2/h3-5,9,11,13H,6-8,15H2,1-2H3. The normalized spacial score (nSPS) is 25.7. The molecule has 1 aliphatic rings. The second kappa shape index (κ2) is 4.37. The van der Waals surface area contributed by atoms with Crippen LogP contribution in [-0.2, 0) is 0 Å². The number of pyridine rings is 1. The van der Waals surface area contributed by atoms with Crippen LogP contribution in [0, 0.1) is 6.92 Å². The summed E-state index contributed by atoms with van der Waals surface area (Å²) in [5, 5.41) is 0. The Morgan fingerprint density at radius 3 is 2.89 bits per heavy atom. The molecule has 18 heavy (non-hydrogen) atoms. The van der Waals surface area contributed by atoms with Crippen LogP contribution in [0.4, 0.5) is 0 Å². The molecule has 4 nitrogen and oxygen atoms in total. The van der Waals surface area contributed by atoms with E-state index in [0.717, 1.165) is 25.0 Å². The van der Waals surface area contributed by atoms with Gasteiger partial charge in [-0.1, -0.05) is 6.07 Å². The van der Waals surface area contributed by atoms with E-state index in [1.807, 2.05) is 0 Å². The maximum atomic E-state index is 6.00. The summed E-state index contributed by atoms with van der Waals surface area (Å²) in [5.74, 6) is 0. The van der Waals surface area contributed by atoms with E-state index in [4.69, 9.17) is 10.7 Å². The number of aromatic nitrogens is 2. The van der Waals surface area contributed by atoms with E-state index in [-0.39, 0.29) is 0 Å². The summed E-state index contributed by atoms with van der Waals surface area (Å²) in [7, 11) is 2.14. The van der Waals surface area contributed by atoms with E-state index < -0.39 is 0 Å². The average molecular weight is 244 g/mol. The highest BCUT2D eigenvalue weighted by atomic mass is 15.2. The zero-order valence-electron chi connectivity index (χ0n) is 11.0. The Hall–Kier alpha value is -1.39. The van der Waals surface area contributed by atoms with Crippen molar-refractivity contribution in [2.45, 2.75) is 31.8 Å². The van der Waals surface area contributed by atoms with Crippen molar-refractivity contribution in [1.82, 2.24) is 14.3 Å². The van der Waals surface area contributed by atoms with Crippen LogP contribution >= 0.6 is 0 Å². The van der Waals surface area contributed by atoms with Crippen LogP contribution in [0.5, 0.6) is 0 Å². The van der Waals surface area contributed by atoms with Crippen LogP contribution in [0.25, 0.3) is 5.65 Å². The average Bonchev–Trinajstić information content (AvgIpc) is 2.74. The first kappa shape index (κ1) is 11.7. The van der Waals surface area contributed by atoms with E-state index >= 15 is 0 Å². The van der Waals surface area contributed by atoms with Crippen molar-refractivity contribution in [2.75, 3.05) is 13.6 Å². The molecule has 0 aliphatic carbocycles. The topological polar surface area (TPSA) is 46.6 Å². The number of likely N-dealkylation sites (tertiary alicyclic amines) is 1. The summed E-state index contributed by atoms with van der Waals surface area (Å²) in [4.78, 5) is 7.08. The van der Waals surface area contributed by atoms with Gasteiger partial charge in [0.2, 0.25) is 0 Å². The second-order valence-electron chi connectivity index (χ2n) is 5.35. The van der Waals surface area contributed by atoms with Crippen molar-refractivity contribution in [2.24, 2.45) is 5.73 Å². The lowest BCUT2D eigenvalue weighted by Crippen LogP contribution is -2.42. The van der Waals surface area contributed by atoms with E-state index in [2.05, 4.69) is 47.7 Å². The van der Waals surface area contributed by atoms with Crippen molar-refractivity contribution >= 4 is 5.65 Å². The van der Waals surface area contributed by atoms with Crippen molar-refractivity contribution in [3.8, 4) is 0 Å². The van der Waals surface area contributed by atoms with Gasteiger partial charge in [-0.05, 0) is 38.9 Å². The molecule has 2 atom stereocenters. The fourth-order valence-electron chi connectivity index (χ4n) is 2.88. The molecule has 96 valence electrons. The molecule has 2 aromatic rings. The van der Waals surface area contributed by atoms with Crippen molar-refractivity contribution < 1.29 is 0 Å². The third-order valence-electron chi connectivity index (χ3n) is 3.92. The Labute approximate surface area is 107 Å². The summed E-state index contributed by atoms with van der Waals surface area (Å²) in [6.07, 6.45) is 4.35. The van der Waals surface area contributed by atoms with Gasteiger partial charge in [0.05, 0.1) is 11.7 Å². The van der Waals surface area contributed by atoms with Crippen LogP contribution in [0.1, 0.15) is 30.3 Å². The van der Waals surface area contributed by atoms with Gasteiger partial charge in [-0.2, -0.15) is 0 Å². The number of likely N-dealkylation sites (N-methyl/N-ethyl adjacent to an activating group) is 1. The Kier molecular flexibility index (Phi) is 2.84. The minimum atomic E-state index is 0.310. The minimum Gasteiger partial charge on any atom is -0.327 e. The van der Waals surface area contributed by atoms with E-state index in [0.29, 0.717) is 12.1 Å². The maximum Gasteiger partial charge on any atom is 0.137 e. The summed E-state index contributed by atoms with van der Waals surface area (Å²) in [6.45, 7) is 3.07. The summed E-state index contributed by atoms with van der Waals surface area (Å²) in [5.41, 5.74) is 9.42. The Balaban J connectivity index is 1.97. The van der Waals surface area contributed by atoms with E-state index in [9.17, 15) is 0 Å². The molecule has 0 amide bonds. The molecule has 0 spiro atoms. The van der Waals surface area contributed by atoms with Gasteiger partial charge in [-0.15, -0.1) is 0 Å². The summed E-state index contributed by atoms with van der Waals surface area (Å²) < 4.78 is 2.16. The van der Waals surface area contributed by atoms with Gasteiger partial charge in [0.25, 0.3) is 0 Å². The van der Waals surface area contributed by atoms with Crippen molar-refractivity contribution in [3.63, 3.8) is 0 Å². The lowest BCUT2D eigenvalue weighted by molar-refractivity contribution is 0.167. The molecule has 2 aromatic heterocycles. The molecule has 2 unspecified atom stereocenters. The second-order valence-corrected chi connectivity index (χ2v) is 5.35. The predicted octanol–water partition coefficient (Wildman–Crippen LogP) is 1.74. The molecule has 0 aromatic carbocycles. The SMILES string of the molecule is Cc1cccc2nc(C3CCC(N)CN3C)cn12. The van der Waals surface area contributed by atoms with Crippen molar-refractivity contribution in [3.05, 3.63) is 35.8 Å². The number of fused-ring (bicyclic) bond motifs is 1. The third-order valence-corrected chi connectivity index (χ3v) is 3.92. The van der Waals surface area contributed by atoms with Crippen LogP contribution in [-0.4, -0.2) is 33.9 Å². The van der Waals surface area contributed by atoms with E-state index in [1.54, 1.807) is 0 Å². The number of aryl methyl sites for hydroxylation is 1. The summed E-state index contributed by atoms with van der Waals surface area (Å²) in [6, 6.07) is 6.94. The molecule has 0 bridgehead atoms. The molecule has 3 rings (SSSR count). The van der Waals surface area contributed by atoms with Gasteiger partial charge in [0.15, 0.2) is 0 Å². The molecule has 0 saturated carbocycles. The highest BCUT2D eigenvalue weighted by molar-refractivity contribution is 5.42. The summed E-state index contributed by atoms with van der Waals surface area (Å²) >= 11 is 0. The largest absolute Gasteiger partial charge is 0.327 e. The number of nitrogens with zero attached hydrogens (tertiary/aromatic N) is 3. The first-order valence-corrected chi connectivity index (χ1v) is 6.55. The zero-order valence-corrected chi connectivity index (χ0v) is 11.0. The molecular weight excluding hydrogens is 224 g/mol. The molecule has 4 heteroatoms. The molecule has 1 aliphatic heterocycles. The first-order valence-electron chi connectivity index (χ1n) is 6.55. The molecule has 2 N–H and O–H groups in total. The maximum absolute atomic E-state index is 6.00. The molecule has 0 radical (unpaired) electrons. The van der Waals surface area contributed by atoms with Crippen LogP contribution in [0.15, 0.2) is 24.4 Å². The van der Waals surface area contributed by atoms with E-state index in [1.165, 1.54) is 11.4 Å². The van der Waals surface area contributed by atoms with Crippen LogP contribution in [0.2, 0.25) is 0 Å². The molecule has 3 heterocycles. The first-order chi connectivity index (χ1) is 8.65. The number of nitrogens with two attached hydrogens (primary N) is 1. The lowest BCUT2D eigenvalue weighted by Gasteiger charge is -2.34. The fraction of sp³-hybridized carbons (Fsp3) is 0.500. The zero-order chi connectivity index (χ0) is 12.7. The number of hydrogen-bond acceptors (Lipinski definition) is 3. The lowest BCUT2D eigenvalue weighted by atomic mass is 9.97. The number of rotatable bonds is 1. The smallest absolute Gasteiger partial charge is 0.137 e. The van der Waals surface area contributed by atoms with Crippen LogP contribution < -0.4 is 5.73 Å². The van der Waals surface area contributed by atoms with Gasteiger partial charge >= 0.3 is 0 Å². The van der Waals surface area contributed by atoms with Gasteiger partial charge < -0.3 is 10.1 Å². The van der Waals surface area contributed by atoms with Gasteiger partial charge in [-0.3, -0.25) is 4.90 Å². The Morgan fingerprint density at radius 2 is 2.17 bits per heavy atom. The fourth-order valence-corrected chi connectivity index (χ4v) is 2.88. The van der Waals surface area contributed by atoms with Crippen molar-refractivity contribution in [1.29, 1.82) is 0 Å². The van der Waals surface area contributed by atoms with Gasteiger partial charge in [0, 0.05) is 24.5 Å². The highest BCUT2D eigenvalue weighted by Gasteiger charge is 2.26. The Bertz CT molecular complexity index is 560. The Morgan fingerprint density at radius 1 is 1.33 bits per heavy atom. The molecular formula is C14H20N4. The van der Waals surface area contributed by atoms with Crippen LogP contribution in [0.3, 0.4) is 0 Å². The quantitative estimate of drug-likeness (QED) is 0.831. The third kappa shape index (κ3) is 1.91. The number of piperidine rings is 1. The van der Waals surface area contributed by atoms with Gasteiger partial charge in [-0.25, -0.2) is 4.98 Å². The molecule has 1 fully saturated rings. The molecule has 1 saturated heterocycles. The van der Waals surface area contributed by atoms with Gasteiger partial charge in [0.1, 0.15) is 5.65 Å². The monoisotopic (exact) mass is 244 g/mol. The number of imidazole rings is 1. The number of hydrogen-bond donors (Lipinski definition) is 1. The highest BCUT2D eigenvalue weighted by Crippen LogP contribution is 2.28. The minimum absolute atomic E-state index is 0.310. The predicted molar refractivity (Wildman–Crippen MR) is 72.5 cm³/mol.